The van der Waals surface area contributed by atoms with Crippen molar-refractivity contribution in [1.29, 1.82) is 0 Å². The molecule has 3 heterocycles. The molecule has 0 spiro atoms. The number of nitrogens with two attached hydrogens (primary N) is 1. The number of carbonyl (C=O) groups excluding carboxylic acids is 1. The van der Waals surface area contributed by atoms with Crippen LogP contribution in [0.25, 0.3) is 0 Å². The van der Waals surface area contributed by atoms with Crippen LogP contribution in [0.5, 0.6) is 0 Å². The third kappa shape index (κ3) is 2.88. The molecule has 2 aromatic rings. The van der Waals surface area contributed by atoms with Gasteiger partial charge in [-0.2, -0.15) is 0 Å². The Hall–Kier alpha value is -2.32. The number of amidine groups is 1. The van der Waals surface area contributed by atoms with Crippen molar-refractivity contribution in [2.24, 2.45) is 10.7 Å². The number of Topliss-reactive ketones (excluding diaryl/α,β-unsaturated/α-hetero) is 1. The highest BCUT2D eigenvalue weighted by Crippen LogP contribution is 2.58. The number of sulfone groups is 1. The van der Waals surface area contributed by atoms with Crippen LogP contribution < -0.4 is 5.73 Å². The van der Waals surface area contributed by atoms with Gasteiger partial charge in [-0.1, -0.05) is 17.7 Å². The van der Waals surface area contributed by atoms with Gasteiger partial charge in [-0.25, -0.2) is 12.8 Å². The quantitative estimate of drug-likeness (QED) is 0.672. The third-order valence-electron chi connectivity index (χ3n) is 7.41. The fraction of sp³-hybridized carbons (Fsp3) is 0.435. The van der Waals surface area contributed by atoms with Crippen LogP contribution >= 0.6 is 11.6 Å². The maximum absolute atomic E-state index is 15.1. The van der Waals surface area contributed by atoms with Crippen LogP contribution in [-0.2, 0) is 21.8 Å². The van der Waals surface area contributed by atoms with Gasteiger partial charge in [0.15, 0.2) is 15.6 Å². The molecule has 1 fully saturated rings. The molecule has 2 N–H and O–H groups in total. The van der Waals surface area contributed by atoms with Crippen molar-refractivity contribution in [1.82, 2.24) is 4.98 Å². The van der Waals surface area contributed by atoms with Crippen LogP contribution in [0, 0.1) is 12.7 Å². The van der Waals surface area contributed by atoms with Gasteiger partial charge in [0.2, 0.25) is 0 Å². The molecule has 2 aliphatic rings. The van der Waals surface area contributed by atoms with Crippen molar-refractivity contribution in [3.8, 4) is 0 Å². The first-order valence-corrected chi connectivity index (χ1v) is 12.2. The molecule has 32 heavy (non-hydrogen) atoms. The number of aromatic nitrogens is 1. The van der Waals surface area contributed by atoms with E-state index in [4.69, 9.17) is 17.3 Å². The molecular weight excluding hydrogens is 453 g/mol. The number of ketones is 1. The minimum absolute atomic E-state index is 0.00292. The summed E-state index contributed by atoms with van der Waals surface area (Å²) in [4.78, 5) is 21.5. The monoisotopic (exact) mass is 477 g/mol. The number of pyridine rings is 1. The van der Waals surface area contributed by atoms with Crippen LogP contribution in [-0.4, -0.2) is 34.5 Å². The largest absolute Gasteiger partial charge is 0.386 e. The fourth-order valence-corrected chi connectivity index (χ4v) is 7.94. The predicted molar refractivity (Wildman–Crippen MR) is 122 cm³/mol. The average molecular weight is 478 g/mol. The molecule has 2 bridgehead atoms. The van der Waals surface area contributed by atoms with Crippen molar-refractivity contribution in [3.63, 3.8) is 0 Å². The first-order chi connectivity index (χ1) is 14.8. The lowest BCUT2D eigenvalue weighted by atomic mass is 9.77. The second-order valence-electron chi connectivity index (χ2n) is 9.27. The number of rotatable bonds is 4. The highest BCUT2D eigenvalue weighted by molar-refractivity contribution is 7.95. The second kappa shape index (κ2) is 7.09. The summed E-state index contributed by atoms with van der Waals surface area (Å²) < 4.78 is 39.5. The molecule has 9 heteroatoms. The van der Waals surface area contributed by atoms with Crippen molar-refractivity contribution in [3.05, 3.63) is 63.7 Å². The molecule has 0 radical (unpaired) electrons. The maximum atomic E-state index is 15.1. The molecule has 1 aromatic carbocycles. The van der Waals surface area contributed by atoms with E-state index in [0.29, 0.717) is 29.0 Å². The number of nitrogens with zero attached hydrogens (tertiary/aromatic N) is 2. The summed E-state index contributed by atoms with van der Waals surface area (Å²) in [5, 5.41) is 0.432. The van der Waals surface area contributed by atoms with Gasteiger partial charge in [0, 0.05) is 18.2 Å². The standard InChI is InChI=1S/C23H25ClFN3O3S/c1-13-9-15(24)12-27-19(13)18(29)11-14-5-6-17(25)16(10-14)23(4)22(3)8-7-21(2,20(26)28-23)32(22,30)31/h5-6,9-10,12H,7-8,11H2,1-4H3,(H2,26,28)/t21-,22+,23+/m0/s1. The molecule has 0 aliphatic carbocycles. The van der Waals surface area contributed by atoms with Crippen molar-refractivity contribution < 1.29 is 17.6 Å². The summed E-state index contributed by atoms with van der Waals surface area (Å²) >= 11 is 5.92. The number of hydrogen-bond donors (Lipinski definition) is 1. The SMILES string of the molecule is Cc1cc(Cl)cnc1C(=O)Cc1ccc(F)c([C@@]2(C)N=C(N)[C@]3(C)CC[C@@]2(C)S3(=O)=O)c1. The number of hydrogen-bond acceptors (Lipinski definition) is 6. The zero-order valence-electron chi connectivity index (χ0n) is 18.4. The van der Waals surface area contributed by atoms with Gasteiger partial charge < -0.3 is 5.73 Å². The molecule has 170 valence electrons. The Kier molecular flexibility index (Phi) is 5.06. The van der Waals surface area contributed by atoms with E-state index in [1.54, 1.807) is 33.8 Å². The van der Waals surface area contributed by atoms with Crippen LogP contribution in [0.3, 0.4) is 0 Å². The van der Waals surface area contributed by atoms with Crippen LogP contribution in [0.15, 0.2) is 35.5 Å². The number of aliphatic imine (C=N–C) groups is 1. The predicted octanol–water partition coefficient (Wildman–Crippen LogP) is 3.92. The number of aryl methyl sites for hydroxylation is 1. The molecule has 1 aromatic heterocycles. The van der Waals surface area contributed by atoms with Gasteiger partial charge in [-0.05, 0) is 69.9 Å². The summed E-state index contributed by atoms with van der Waals surface area (Å²) in [5.41, 5.74) is 6.29. The van der Waals surface area contributed by atoms with E-state index in [0.717, 1.165) is 0 Å². The van der Waals surface area contributed by atoms with E-state index in [9.17, 15) is 13.2 Å². The molecular formula is C23H25ClFN3O3S. The van der Waals surface area contributed by atoms with E-state index in [1.807, 2.05) is 0 Å². The van der Waals surface area contributed by atoms with Crippen LogP contribution in [0.2, 0.25) is 5.02 Å². The van der Waals surface area contributed by atoms with Gasteiger partial charge in [0.1, 0.15) is 27.6 Å². The Labute approximate surface area is 192 Å². The number of benzene rings is 1. The number of halogens is 2. The summed E-state index contributed by atoms with van der Waals surface area (Å²) in [7, 11) is -3.75. The topological polar surface area (TPSA) is 102 Å². The van der Waals surface area contributed by atoms with Crippen molar-refractivity contribution >= 4 is 33.1 Å². The summed E-state index contributed by atoms with van der Waals surface area (Å²) in [6.45, 7) is 6.55. The Morgan fingerprint density at radius 2 is 1.91 bits per heavy atom. The van der Waals surface area contributed by atoms with E-state index in [2.05, 4.69) is 9.98 Å². The van der Waals surface area contributed by atoms with E-state index >= 15 is 4.39 Å². The van der Waals surface area contributed by atoms with Crippen LogP contribution in [0.1, 0.15) is 60.8 Å². The van der Waals surface area contributed by atoms with Gasteiger partial charge in [-0.3, -0.25) is 14.8 Å². The third-order valence-corrected chi connectivity index (χ3v) is 11.0. The molecule has 0 unspecified atom stereocenters. The van der Waals surface area contributed by atoms with Crippen molar-refractivity contribution in [2.45, 2.75) is 62.0 Å². The van der Waals surface area contributed by atoms with Crippen LogP contribution in [0.4, 0.5) is 4.39 Å². The van der Waals surface area contributed by atoms with Gasteiger partial charge in [0.25, 0.3) is 0 Å². The molecule has 2 aliphatic heterocycles. The van der Waals surface area contributed by atoms with Gasteiger partial charge >= 0.3 is 0 Å². The number of carbonyl (C=O) groups is 1. The van der Waals surface area contributed by atoms with Gasteiger partial charge in [-0.15, -0.1) is 0 Å². The zero-order valence-corrected chi connectivity index (χ0v) is 19.9. The Morgan fingerprint density at radius 3 is 2.56 bits per heavy atom. The average Bonchev–Trinajstić information content (AvgIpc) is 2.85. The Bertz CT molecular complexity index is 1300. The Morgan fingerprint density at radius 1 is 1.22 bits per heavy atom. The summed E-state index contributed by atoms with van der Waals surface area (Å²) in [6.07, 6.45) is 2.02. The van der Waals surface area contributed by atoms with E-state index < -0.39 is 30.7 Å². The molecule has 4 rings (SSSR count). The fourth-order valence-electron chi connectivity index (χ4n) is 4.99. The lowest BCUT2D eigenvalue weighted by molar-refractivity contribution is 0.0987. The lowest BCUT2D eigenvalue weighted by Crippen LogP contribution is -2.61. The zero-order chi connectivity index (χ0) is 23.7. The second-order valence-corrected chi connectivity index (χ2v) is 12.5. The smallest absolute Gasteiger partial charge is 0.185 e. The maximum Gasteiger partial charge on any atom is 0.185 e. The molecule has 3 atom stereocenters. The minimum atomic E-state index is -3.75. The summed E-state index contributed by atoms with van der Waals surface area (Å²) in [5.74, 6) is -0.842. The summed E-state index contributed by atoms with van der Waals surface area (Å²) in [6, 6.07) is 5.94. The molecule has 6 nitrogen and oxygen atoms in total. The number of fused-ring (bicyclic) bond motifs is 2. The van der Waals surface area contributed by atoms with Gasteiger partial charge in [0.05, 0.1) is 9.77 Å². The van der Waals surface area contributed by atoms with E-state index in [-0.39, 0.29) is 29.3 Å². The van der Waals surface area contributed by atoms with E-state index in [1.165, 1.54) is 24.4 Å². The lowest BCUT2D eigenvalue weighted by Gasteiger charge is -2.46. The molecule has 0 saturated carbocycles. The highest BCUT2D eigenvalue weighted by Gasteiger charge is 2.70. The Balaban J connectivity index is 1.79. The van der Waals surface area contributed by atoms with Crippen molar-refractivity contribution in [2.75, 3.05) is 0 Å². The minimum Gasteiger partial charge on any atom is -0.386 e. The molecule has 1 saturated heterocycles. The normalized spacial score (nSPS) is 30.8. The first kappa shape index (κ1) is 22.9. The first-order valence-electron chi connectivity index (χ1n) is 10.3. The highest BCUT2D eigenvalue weighted by atomic mass is 35.5. The molecule has 0 amide bonds.